The highest BCUT2D eigenvalue weighted by Crippen LogP contribution is 2.12. The fraction of sp³-hybridized carbons (Fsp3) is 0.462. The molecule has 0 aliphatic carbocycles. The molecule has 19 heavy (non-hydrogen) atoms. The summed E-state index contributed by atoms with van der Waals surface area (Å²) in [6.07, 6.45) is -0.963. The van der Waals surface area contributed by atoms with Crippen LogP contribution in [0.1, 0.15) is 12.0 Å². The smallest absolute Gasteiger partial charge is 0.407 e. The summed E-state index contributed by atoms with van der Waals surface area (Å²) in [7, 11) is 0. The van der Waals surface area contributed by atoms with E-state index in [-0.39, 0.29) is 25.0 Å². The summed E-state index contributed by atoms with van der Waals surface area (Å²) in [6, 6.07) is 9.91. The highest BCUT2D eigenvalue weighted by Gasteiger charge is 2.29. The van der Waals surface area contributed by atoms with Crippen molar-refractivity contribution in [2.24, 2.45) is 0 Å². The topological polar surface area (TPSA) is 72.8 Å². The van der Waals surface area contributed by atoms with Gasteiger partial charge in [0, 0.05) is 19.1 Å². The number of piperidine rings is 1. The summed E-state index contributed by atoms with van der Waals surface area (Å²) in [4.78, 5) is 12.0. The molecule has 0 saturated carbocycles. The lowest BCUT2D eigenvalue weighted by Crippen LogP contribution is -2.53. The number of rotatable bonds is 3. The summed E-state index contributed by atoms with van der Waals surface area (Å²) in [5, 5.41) is 22.0. The lowest BCUT2D eigenvalue weighted by molar-refractivity contribution is 0.0407. The van der Waals surface area contributed by atoms with Crippen LogP contribution in [-0.4, -0.2) is 46.4 Å². The molecule has 1 aromatic carbocycles. The van der Waals surface area contributed by atoms with Crippen LogP contribution in [0, 0.1) is 0 Å². The average Bonchev–Trinajstić information content (AvgIpc) is 2.38. The zero-order chi connectivity index (χ0) is 13.0. The quantitative estimate of drug-likeness (QED) is 0.783. The van der Waals surface area contributed by atoms with Crippen molar-refractivity contribution >= 4 is 18.5 Å². The molecule has 0 spiro atoms. The van der Waals surface area contributed by atoms with Crippen molar-refractivity contribution in [2.75, 3.05) is 13.1 Å². The number of hydrogen-bond acceptors (Lipinski definition) is 3. The number of carboxylic acid groups (broad SMARTS) is 1. The monoisotopic (exact) mass is 286 g/mol. The predicted octanol–water partition coefficient (Wildman–Crippen LogP) is 1.31. The van der Waals surface area contributed by atoms with Crippen LogP contribution in [0.25, 0.3) is 0 Å². The van der Waals surface area contributed by atoms with Crippen molar-refractivity contribution in [1.29, 1.82) is 0 Å². The second kappa shape index (κ2) is 7.33. The van der Waals surface area contributed by atoms with Gasteiger partial charge in [-0.05, 0) is 12.0 Å². The molecule has 1 fully saturated rings. The first kappa shape index (κ1) is 15.8. The number of benzene rings is 1. The maximum atomic E-state index is 10.8. The zero-order valence-corrected chi connectivity index (χ0v) is 11.3. The van der Waals surface area contributed by atoms with Gasteiger partial charge in [0.2, 0.25) is 0 Å². The normalized spacial score (nSPS) is 22.7. The van der Waals surface area contributed by atoms with Crippen LogP contribution in [0.3, 0.4) is 0 Å². The SMILES string of the molecule is Cl.O=C(O)N1CCC(NCc2ccccc2)C(O)C1. The Morgan fingerprint density at radius 1 is 1.37 bits per heavy atom. The number of likely N-dealkylation sites (tertiary alicyclic amines) is 1. The molecular formula is C13H19ClN2O3. The predicted molar refractivity (Wildman–Crippen MR) is 74.5 cm³/mol. The third-order valence-electron chi connectivity index (χ3n) is 3.26. The van der Waals surface area contributed by atoms with Crippen LogP contribution >= 0.6 is 12.4 Å². The molecular weight excluding hydrogens is 268 g/mol. The fourth-order valence-electron chi connectivity index (χ4n) is 2.19. The van der Waals surface area contributed by atoms with E-state index in [2.05, 4.69) is 5.32 Å². The molecule has 1 aliphatic heterocycles. The van der Waals surface area contributed by atoms with Crippen LogP contribution in [-0.2, 0) is 6.54 Å². The number of halogens is 1. The summed E-state index contributed by atoms with van der Waals surface area (Å²) < 4.78 is 0. The molecule has 6 heteroatoms. The largest absolute Gasteiger partial charge is 0.465 e. The van der Waals surface area contributed by atoms with E-state index >= 15 is 0 Å². The molecule has 5 nitrogen and oxygen atoms in total. The van der Waals surface area contributed by atoms with Crippen LogP contribution in [0.5, 0.6) is 0 Å². The Morgan fingerprint density at radius 3 is 2.63 bits per heavy atom. The number of nitrogens with one attached hydrogen (secondary N) is 1. The number of hydrogen-bond donors (Lipinski definition) is 3. The van der Waals surface area contributed by atoms with Crippen molar-refractivity contribution < 1.29 is 15.0 Å². The van der Waals surface area contributed by atoms with Gasteiger partial charge in [0.15, 0.2) is 0 Å². The van der Waals surface area contributed by atoms with Gasteiger partial charge >= 0.3 is 6.09 Å². The summed E-state index contributed by atoms with van der Waals surface area (Å²) in [5.41, 5.74) is 1.16. The Hall–Kier alpha value is -1.30. The molecule has 1 heterocycles. The van der Waals surface area contributed by atoms with Crippen molar-refractivity contribution in [2.45, 2.75) is 25.1 Å². The zero-order valence-electron chi connectivity index (χ0n) is 10.5. The first-order valence-corrected chi connectivity index (χ1v) is 6.10. The highest BCUT2D eigenvalue weighted by atomic mass is 35.5. The van der Waals surface area contributed by atoms with Crippen LogP contribution in [0.4, 0.5) is 4.79 Å². The van der Waals surface area contributed by atoms with Gasteiger partial charge in [0.1, 0.15) is 0 Å². The van der Waals surface area contributed by atoms with Crippen molar-refractivity contribution in [3.05, 3.63) is 35.9 Å². The van der Waals surface area contributed by atoms with Crippen LogP contribution in [0.15, 0.2) is 30.3 Å². The number of aliphatic hydroxyl groups excluding tert-OH is 1. The van der Waals surface area contributed by atoms with E-state index in [1.165, 1.54) is 4.90 Å². The van der Waals surface area contributed by atoms with E-state index in [1.54, 1.807) is 0 Å². The standard InChI is InChI=1S/C13H18N2O3.ClH/c16-12-9-15(13(17)18)7-6-11(12)14-8-10-4-2-1-3-5-10;/h1-5,11-12,14,16H,6-9H2,(H,17,18);1H. The summed E-state index contributed by atoms with van der Waals surface area (Å²) >= 11 is 0. The number of nitrogens with zero attached hydrogens (tertiary/aromatic N) is 1. The van der Waals surface area contributed by atoms with Gasteiger partial charge in [-0.15, -0.1) is 12.4 Å². The first-order chi connectivity index (χ1) is 8.66. The van der Waals surface area contributed by atoms with E-state index in [4.69, 9.17) is 5.11 Å². The van der Waals surface area contributed by atoms with E-state index in [0.717, 1.165) is 5.56 Å². The van der Waals surface area contributed by atoms with Crippen LogP contribution in [0.2, 0.25) is 0 Å². The van der Waals surface area contributed by atoms with E-state index in [1.807, 2.05) is 30.3 Å². The minimum absolute atomic E-state index is 0. The number of β-amino-alcohol motifs (C(OH)–C–C–N with tert-alkyl or cyclic N) is 1. The summed E-state index contributed by atoms with van der Waals surface area (Å²) in [5.74, 6) is 0. The van der Waals surface area contributed by atoms with E-state index in [0.29, 0.717) is 19.5 Å². The van der Waals surface area contributed by atoms with Gasteiger partial charge in [0.25, 0.3) is 0 Å². The molecule has 2 atom stereocenters. The van der Waals surface area contributed by atoms with Crippen molar-refractivity contribution in [3.8, 4) is 0 Å². The van der Waals surface area contributed by atoms with Gasteiger partial charge in [-0.3, -0.25) is 0 Å². The Labute approximate surface area is 118 Å². The number of aliphatic hydroxyl groups is 1. The van der Waals surface area contributed by atoms with Crippen LogP contribution < -0.4 is 5.32 Å². The number of amides is 1. The van der Waals surface area contributed by atoms with Crippen molar-refractivity contribution in [1.82, 2.24) is 10.2 Å². The Morgan fingerprint density at radius 2 is 2.05 bits per heavy atom. The first-order valence-electron chi connectivity index (χ1n) is 6.10. The maximum Gasteiger partial charge on any atom is 0.407 e. The third-order valence-corrected chi connectivity index (χ3v) is 3.26. The Balaban J connectivity index is 0.00000180. The second-order valence-corrected chi connectivity index (χ2v) is 4.56. The third kappa shape index (κ3) is 4.38. The second-order valence-electron chi connectivity index (χ2n) is 4.56. The average molecular weight is 287 g/mol. The molecule has 2 rings (SSSR count). The Bertz CT molecular complexity index is 402. The fourth-order valence-corrected chi connectivity index (χ4v) is 2.19. The molecule has 1 amide bonds. The molecule has 3 N–H and O–H groups in total. The number of carbonyl (C=O) groups is 1. The molecule has 0 bridgehead atoms. The molecule has 1 saturated heterocycles. The molecule has 1 aromatic rings. The summed E-state index contributed by atoms with van der Waals surface area (Å²) in [6.45, 7) is 1.34. The van der Waals surface area contributed by atoms with Gasteiger partial charge in [-0.1, -0.05) is 30.3 Å². The highest BCUT2D eigenvalue weighted by molar-refractivity contribution is 5.85. The minimum atomic E-state index is -0.962. The molecule has 106 valence electrons. The van der Waals surface area contributed by atoms with Gasteiger partial charge in [-0.25, -0.2) is 4.79 Å². The Kier molecular flexibility index (Phi) is 6.08. The van der Waals surface area contributed by atoms with Gasteiger partial charge in [-0.2, -0.15) is 0 Å². The van der Waals surface area contributed by atoms with Gasteiger partial charge < -0.3 is 20.4 Å². The molecule has 0 aromatic heterocycles. The van der Waals surface area contributed by atoms with E-state index in [9.17, 15) is 9.90 Å². The molecule has 2 unspecified atom stereocenters. The van der Waals surface area contributed by atoms with E-state index < -0.39 is 12.2 Å². The molecule has 1 aliphatic rings. The molecule has 0 radical (unpaired) electrons. The van der Waals surface area contributed by atoms with Crippen molar-refractivity contribution in [3.63, 3.8) is 0 Å². The lowest BCUT2D eigenvalue weighted by Gasteiger charge is -2.34. The minimum Gasteiger partial charge on any atom is -0.465 e. The maximum absolute atomic E-state index is 10.8. The van der Waals surface area contributed by atoms with Gasteiger partial charge in [0.05, 0.1) is 12.6 Å². The lowest BCUT2D eigenvalue weighted by atomic mass is 10.0.